The fraction of sp³-hybridized carbons (Fsp3) is 0.222. The first-order valence-electron chi connectivity index (χ1n) is 7.74. The molecule has 0 aliphatic carbocycles. The Morgan fingerprint density at radius 2 is 2.04 bits per heavy atom. The zero-order chi connectivity index (χ0) is 16.9. The van der Waals surface area contributed by atoms with Gasteiger partial charge in [-0.05, 0) is 23.8 Å². The van der Waals surface area contributed by atoms with E-state index in [1.54, 1.807) is 30.4 Å². The van der Waals surface area contributed by atoms with Crippen molar-refractivity contribution in [3.8, 4) is 0 Å². The van der Waals surface area contributed by atoms with Gasteiger partial charge < -0.3 is 9.88 Å². The summed E-state index contributed by atoms with van der Waals surface area (Å²) in [6, 6.07) is 11.1. The first-order valence-corrected chi connectivity index (χ1v) is 7.74. The van der Waals surface area contributed by atoms with Gasteiger partial charge in [0.05, 0.1) is 11.0 Å². The molecule has 24 heavy (non-hydrogen) atoms. The van der Waals surface area contributed by atoms with Gasteiger partial charge in [0, 0.05) is 38.8 Å². The van der Waals surface area contributed by atoms with E-state index in [1.165, 1.54) is 0 Å². The average Bonchev–Trinajstić information content (AvgIpc) is 2.60. The third kappa shape index (κ3) is 3.65. The molecule has 6 heteroatoms. The predicted molar refractivity (Wildman–Crippen MR) is 91.4 cm³/mol. The van der Waals surface area contributed by atoms with Crippen LogP contribution in [-0.4, -0.2) is 32.8 Å². The predicted octanol–water partition coefficient (Wildman–Crippen LogP) is 1.91. The van der Waals surface area contributed by atoms with Gasteiger partial charge in [-0.2, -0.15) is 0 Å². The van der Waals surface area contributed by atoms with Crippen LogP contribution in [0.15, 0.2) is 53.6 Å². The maximum absolute atomic E-state index is 12.3. The summed E-state index contributed by atoms with van der Waals surface area (Å²) in [5.74, 6) is -0.0341. The normalized spacial score (nSPS) is 10.7. The quantitative estimate of drug-likeness (QED) is 0.778. The van der Waals surface area contributed by atoms with Crippen LogP contribution in [0.4, 0.5) is 0 Å². The summed E-state index contributed by atoms with van der Waals surface area (Å²) in [7, 11) is 1.74. The number of H-pyrrole nitrogens is 1. The van der Waals surface area contributed by atoms with Crippen LogP contribution >= 0.6 is 0 Å². The van der Waals surface area contributed by atoms with E-state index < -0.39 is 0 Å². The average molecular weight is 322 g/mol. The standard InChI is InChI=1S/C18H18N4O2/c1-22(12-13-5-4-10-19-11-13)17(23)9-8-16-18(24)21-15-7-3-2-6-14(15)20-16/h2-7,10-11H,8-9,12H2,1H3,(H,21,24). The number of pyridine rings is 1. The van der Waals surface area contributed by atoms with Crippen molar-refractivity contribution in [3.05, 3.63) is 70.4 Å². The smallest absolute Gasteiger partial charge is 0.270 e. The third-order valence-corrected chi connectivity index (χ3v) is 3.81. The number of benzene rings is 1. The maximum Gasteiger partial charge on any atom is 0.270 e. The minimum Gasteiger partial charge on any atom is -0.341 e. The summed E-state index contributed by atoms with van der Waals surface area (Å²) >= 11 is 0. The molecule has 0 saturated heterocycles. The van der Waals surface area contributed by atoms with E-state index in [4.69, 9.17) is 0 Å². The molecule has 0 atom stereocenters. The van der Waals surface area contributed by atoms with Crippen molar-refractivity contribution in [1.29, 1.82) is 0 Å². The summed E-state index contributed by atoms with van der Waals surface area (Å²) in [5.41, 5.74) is 2.54. The Kier molecular flexibility index (Phi) is 4.65. The molecule has 0 spiro atoms. The number of aryl methyl sites for hydroxylation is 1. The number of carbonyl (C=O) groups is 1. The molecule has 0 radical (unpaired) electrons. The molecule has 122 valence electrons. The number of nitrogens with zero attached hydrogens (tertiary/aromatic N) is 3. The molecule has 1 amide bonds. The molecule has 0 saturated carbocycles. The van der Waals surface area contributed by atoms with Gasteiger partial charge >= 0.3 is 0 Å². The summed E-state index contributed by atoms with van der Waals surface area (Å²) in [6.07, 6.45) is 3.99. The second-order valence-corrected chi connectivity index (χ2v) is 5.64. The summed E-state index contributed by atoms with van der Waals surface area (Å²) in [6.45, 7) is 0.494. The Balaban J connectivity index is 1.65. The number of nitrogens with one attached hydrogen (secondary N) is 1. The lowest BCUT2D eigenvalue weighted by atomic mass is 10.2. The second-order valence-electron chi connectivity index (χ2n) is 5.64. The van der Waals surface area contributed by atoms with Crippen LogP contribution < -0.4 is 5.56 Å². The summed E-state index contributed by atoms with van der Waals surface area (Å²) in [5, 5.41) is 0. The molecule has 0 aliphatic rings. The van der Waals surface area contributed by atoms with Crippen LogP contribution in [0.1, 0.15) is 17.7 Å². The minimum absolute atomic E-state index is 0.0341. The molecular weight excluding hydrogens is 304 g/mol. The van der Waals surface area contributed by atoms with E-state index in [0.717, 1.165) is 11.1 Å². The molecular formula is C18H18N4O2. The monoisotopic (exact) mass is 322 g/mol. The molecule has 0 aliphatic heterocycles. The van der Waals surface area contributed by atoms with Crippen LogP contribution in [-0.2, 0) is 17.8 Å². The lowest BCUT2D eigenvalue weighted by Crippen LogP contribution is -2.27. The Bertz CT molecular complexity index is 906. The highest BCUT2D eigenvalue weighted by Gasteiger charge is 2.12. The Morgan fingerprint density at radius 1 is 1.21 bits per heavy atom. The molecule has 1 N–H and O–H groups in total. The molecule has 3 aromatic rings. The SMILES string of the molecule is CN(Cc1cccnc1)C(=O)CCc1nc2ccccc2[nH]c1=O. The fourth-order valence-electron chi connectivity index (χ4n) is 2.51. The van der Waals surface area contributed by atoms with Gasteiger partial charge in [-0.1, -0.05) is 18.2 Å². The molecule has 3 rings (SSSR count). The van der Waals surface area contributed by atoms with E-state index in [1.807, 2.05) is 30.3 Å². The zero-order valence-electron chi connectivity index (χ0n) is 13.4. The van der Waals surface area contributed by atoms with Crippen molar-refractivity contribution in [2.75, 3.05) is 7.05 Å². The molecule has 0 unspecified atom stereocenters. The van der Waals surface area contributed by atoms with Gasteiger partial charge in [0.15, 0.2) is 0 Å². The lowest BCUT2D eigenvalue weighted by Gasteiger charge is -2.16. The van der Waals surface area contributed by atoms with Gasteiger partial charge in [0.1, 0.15) is 5.69 Å². The molecule has 0 bridgehead atoms. The van der Waals surface area contributed by atoms with Crippen molar-refractivity contribution in [2.24, 2.45) is 0 Å². The van der Waals surface area contributed by atoms with Gasteiger partial charge in [0.25, 0.3) is 5.56 Å². The number of para-hydroxylation sites is 2. The Labute approximate surface area is 139 Å². The number of hydrogen-bond donors (Lipinski definition) is 1. The third-order valence-electron chi connectivity index (χ3n) is 3.81. The van der Waals surface area contributed by atoms with Crippen molar-refractivity contribution >= 4 is 16.9 Å². The van der Waals surface area contributed by atoms with E-state index in [2.05, 4.69) is 15.0 Å². The minimum atomic E-state index is -0.239. The maximum atomic E-state index is 12.3. The van der Waals surface area contributed by atoms with E-state index in [-0.39, 0.29) is 17.9 Å². The Hall–Kier alpha value is -3.02. The van der Waals surface area contributed by atoms with Gasteiger partial charge in [-0.3, -0.25) is 14.6 Å². The topological polar surface area (TPSA) is 79.0 Å². The van der Waals surface area contributed by atoms with Crippen molar-refractivity contribution in [1.82, 2.24) is 19.9 Å². The second kappa shape index (κ2) is 7.04. The van der Waals surface area contributed by atoms with Crippen molar-refractivity contribution < 1.29 is 4.79 Å². The largest absolute Gasteiger partial charge is 0.341 e. The highest BCUT2D eigenvalue weighted by Crippen LogP contribution is 2.08. The van der Waals surface area contributed by atoms with E-state index in [0.29, 0.717) is 24.2 Å². The van der Waals surface area contributed by atoms with E-state index in [9.17, 15) is 9.59 Å². The van der Waals surface area contributed by atoms with Gasteiger partial charge in [0.2, 0.25) is 5.91 Å². The molecule has 2 heterocycles. The number of fused-ring (bicyclic) bond motifs is 1. The molecule has 0 fully saturated rings. The van der Waals surface area contributed by atoms with E-state index >= 15 is 0 Å². The molecule has 1 aromatic carbocycles. The lowest BCUT2D eigenvalue weighted by molar-refractivity contribution is -0.130. The summed E-state index contributed by atoms with van der Waals surface area (Å²) < 4.78 is 0. The van der Waals surface area contributed by atoms with Gasteiger partial charge in [-0.25, -0.2) is 4.98 Å². The van der Waals surface area contributed by atoms with Crippen molar-refractivity contribution in [2.45, 2.75) is 19.4 Å². The van der Waals surface area contributed by atoms with Crippen molar-refractivity contribution in [3.63, 3.8) is 0 Å². The van der Waals surface area contributed by atoms with Crippen LogP contribution in [0.3, 0.4) is 0 Å². The molecule has 2 aromatic heterocycles. The van der Waals surface area contributed by atoms with Gasteiger partial charge in [-0.15, -0.1) is 0 Å². The number of hydrogen-bond acceptors (Lipinski definition) is 4. The Morgan fingerprint density at radius 3 is 2.83 bits per heavy atom. The molecule has 6 nitrogen and oxygen atoms in total. The number of aromatic amines is 1. The van der Waals surface area contributed by atoms with Crippen LogP contribution in [0.5, 0.6) is 0 Å². The first kappa shape index (κ1) is 15.9. The highest BCUT2D eigenvalue weighted by molar-refractivity contribution is 5.76. The highest BCUT2D eigenvalue weighted by atomic mass is 16.2. The zero-order valence-corrected chi connectivity index (χ0v) is 13.4. The number of aromatic nitrogens is 3. The first-order chi connectivity index (χ1) is 11.6. The van der Waals surface area contributed by atoms with Crippen LogP contribution in [0.2, 0.25) is 0 Å². The van der Waals surface area contributed by atoms with Crippen LogP contribution in [0.25, 0.3) is 11.0 Å². The number of amides is 1. The van der Waals surface area contributed by atoms with Crippen LogP contribution in [0, 0.1) is 0 Å². The number of carbonyl (C=O) groups excluding carboxylic acids is 1. The number of rotatable bonds is 5. The fourth-order valence-corrected chi connectivity index (χ4v) is 2.51. The summed E-state index contributed by atoms with van der Waals surface area (Å²) in [4.78, 5) is 37.2.